The zero-order valence-corrected chi connectivity index (χ0v) is 11.7. The van der Waals surface area contributed by atoms with E-state index in [0.29, 0.717) is 16.1 Å². The Kier molecular flexibility index (Phi) is 3.11. The SMILES string of the molecule is COc1nc(OC)c2sn(-c3ccccc3)c(=O)c2n1. The number of para-hydroxylation sites is 1. The summed E-state index contributed by atoms with van der Waals surface area (Å²) < 4.78 is 12.3. The fourth-order valence-corrected chi connectivity index (χ4v) is 2.84. The Morgan fingerprint density at radius 1 is 1.10 bits per heavy atom. The number of aromatic nitrogens is 3. The maximum atomic E-state index is 12.4. The van der Waals surface area contributed by atoms with Gasteiger partial charge in [0, 0.05) is 0 Å². The standard InChI is InChI=1S/C13H11N3O3S/c1-18-11-10-9(14-13(15-11)19-2)12(17)16(20-10)8-6-4-3-5-7-8/h3-7H,1-2H3. The van der Waals surface area contributed by atoms with E-state index in [-0.39, 0.29) is 11.6 Å². The van der Waals surface area contributed by atoms with Gasteiger partial charge in [-0.1, -0.05) is 18.2 Å². The van der Waals surface area contributed by atoms with Crippen LogP contribution < -0.4 is 15.0 Å². The molecule has 0 bridgehead atoms. The van der Waals surface area contributed by atoms with Crippen LogP contribution in [0.1, 0.15) is 0 Å². The first kappa shape index (κ1) is 12.6. The third-order valence-corrected chi connectivity index (χ3v) is 3.86. The van der Waals surface area contributed by atoms with Gasteiger partial charge in [-0.05, 0) is 23.7 Å². The van der Waals surface area contributed by atoms with Crippen LogP contribution in [0.15, 0.2) is 35.1 Å². The molecule has 6 nitrogen and oxygen atoms in total. The lowest BCUT2D eigenvalue weighted by atomic mass is 10.3. The average Bonchev–Trinajstić information content (AvgIpc) is 2.84. The highest BCUT2D eigenvalue weighted by Crippen LogP contribution is 2.28. The van der Waals surface area contributed by atoms with Crippen LogP contribution in [0.5, 0.6) is 11.9 Å². The highest BCUT2D eigenvalue weighted by atomic mass is 32.1. The molecule has 0 aliphatic carbocycles. The van der Waals surface area contributed by atoms with E-state index in [1.54, 1.807) is 3.96 Å². The van der Waals surface area contributed by atoms with Gasteiger partial charge in [-0.3, -0.25) is 4.79 Å². The Bertz CT molecular complexity index is 811. The molecule has 0 amide bonds. The highest BCUT2D eigenvalue weighted by molar-refractivity contribution is 7.14. The third-order valence-electron chi connectivity index (χ3n) is 2.75. The van der Waals surface area contributed by atoms with Crippen molar-refractivity contribution in [2.75, 3.05) is 14.2 Å². The van der Waals surface area contributed by atoms with Crippen LogP contribution in [0.3, 0.4) is 0 Å². The van der Waals surface area contributed by atoms with Gasteiger partial charge in [0.2, 0.25) is 5.88 Å². The van der Waals surface area contributed by atoms with Crippen molar-refractivity contribution >= 4 is 21.7 Å². The van der Waals surface area contributed by atoms with Crippen molar-refractivity contribution in [3.8, 4) is 17.6 Å². The number of methoxy groups -OCH3 is 2. The first-order valence-electron chi connectivity index (χ1n) is 5.82. The second-order valence-corrected chi connectivity index (χ2v) is 4.88. The largest absolute Gasteiger partial charge is 0.480 e. The van der Waals surface area contributed by atoms with E-state index < -0.39 is 0 Å². The van der Waals surface area contributed by atoms with Crippen LogP contribution in [-0.2, 0) is 0 Å². The number of fused-ring (bicyclic) bond motifs is 1. The van der Waals surface area contributed by atoms with E-state index in [2.05, 4.69) is 9.97 Å². The minimum absolute atomic E-state index is 0.115. The molecule has 0 aliphatic heterocycles. The first-order valence-corrected chi connectivity index (χ1v) is 6.59. The maximum Gasteiger partial charge on any atom is 0.320 e. The molecular weight excluding hydrogens is 278 g/mol. The molecule has 0 unspecified atom stereocenters. The smallest absolute Gasteiger partial charge is 0.320 e. The van der Waals surface area contributed by atoms with Gasteiger partial charge in [0.25, 0.3) is 5.56 Å². The van der Waals surface area contributed by atoms with Gasteiger partial charge in [-0.2, -0.15) is 9.97 Å². The minimum Gasteiger partial charge on any atom is -0.480 e. The molecule has 0 saturated carbocycles. The predicted octanol–water partition coefficient (Wildman–Crippen LogP) is 1.86. The van der Waals surface area contributed by atoms with Crippen molar-refractivity contribution in [3.63, 3.8) is 0 Å². The van der Waals surface area contributed by atoms with E-state index in [4.69, 9.17) is 9.47 Å². The van der Waals surface area contributed by atoms with Crippen LogP contribution in [0, 0.1) is 0 Å². The van der Waals surface area contributed by atoms with Crippen LogP contribution in [0.25, 0.3) is 15.9 Å². The van der Waals surface area contributed by atoms with Crippen LogP contribution in [0.2, 0.25) is 0 Å². The van der Waals surface area contributed by atoms with Gasteiger partial charge in [0.05, 0.1) is 19.9 Å². The fourth-order valence-electron chi connectivity index (χ4n) is 1.83. The van der Waals surface area contributed by atoms with Crippen molar-refractivity contribution < 1.29 is 9.47 Å². The van der Waals surface area contributed by atoms with Crippen LogP contribution >= 0.6 is 11.5 Å². The quantitative estimate of drug-likeness (QED) is 0.736. The number of rotatable bonds is 3. The highest BCUT2D eigenvalue weighted by Gasteiger charge is 2.17. The molecule has 102 valence electrons. The number of benzene rings is 1. The minimum atomic E-state index is -0.213. The summed E-state index contributed by atoms with van der Waals surface area (Å²) in [6.45, 7) is 0. The topological polar surface area (TPSA) is 66.2 Å². The van der Waals surface area contributed by atoms with E-state index in [1.807, 2.05) is 30.3 Å². The predicted molar refractivity (Wildman–Crippen MR) is 76.1 cm³/mol. The van der Waals surface area contributed by atoms with E-state index in [9.17, 15) is 4.79 Å². The molecule has 7 heteroatoms. The van der Waals surface area contributed by atoms with Crippen molar-refractivity contribution in [3.05, 3.63) is 40.7 Å². The van der Waals surface area contributed by atoms with E-state index in [0.717, 1.165) is 5.69 Å². The Labute approximate surface area is 118 Å². The Balaban J connectivity index is 2.32. The molecule has 1 aromatic carbocycles. The summed E-state index contributed by atoms with van der Waals surface area (Å²) in [4.78, 5) is 20.6. The van der Waals surface area contributed by atoms with Crippen molar-refractivity contribution in [2.24, 2.45) is 0 Å². The van der Waals surface area contributed by atoms with Gasteiger partial charge in [0.1, 0.15) is 4.70 Å². The Hall–Kier alpha value is -2.41. The zero-order chi connectivity index (χ0) is 14.1. The molecule has 0 aliphatic rings. The lowest BCUT2D eigenvalue weighted by molar-refractivity contribution is 0.357. The summed E-state index contributed by atoms with van der Waals surface area (Å²) in [6, 6.07) is 9.46. The number of nitrogens with zero attached hydrogens (tertiary/aromatic N) is 3. The van der Waals surface area contributed by atoms with Crippen molar-refractivity contribution in [1.29, 1.82) is 0 Å². The molecule has 0 saturated heterocycles. The van der Waals surface area contributed by atoms with Gasteiger partial charge in [-0.25, -0.2) is 3.96 Å². The molecular formula is C13H11N3O3S. The first-order chi connectivity index (χ1) is 9.74. The van der Waals surface area contributed by atoms with E-state index in [1.165, 1.54) is 25.8 Å². The van der Waals surface area contributed by atoms with Crippen LogP contribution in [0.4, 0.5) is 0 Å². The monoisotopic (exact) mass is 289 g/mol. The summed E-state index contributed by atoms with van der Waals surface area (Å²) in [5.74, 6) is 0.337. The van der Waals surface area contributed by atoms with Gasteiger partial charge in [0.15, 0.2) is 5.52 Å². The number of hydrogen-bond acceptors (Lipinski definition) is 6. The molecule has 0 spiro atoms. The summed E-state index contributed by atoms with van der Waals surface area (Å²) in [7, 11) is 2.95. The Morgan fingerprint density at radius 3 is 2.50 bits per heavy atom. The van der Waals surface area contributed by atoms with Crippen LogP contribution in [-0.4, -0.2) is 28.1 Å². The van der Waals surface area contributed by atoms with E-state index >= 15 is 0 Å². The normalized spacial score (nSPS) is 10.7. The molecule has 0 N–H and O–H groups in total. The number of hydrogen-bond donors (Lipinski definition) is 0. The third kappa shape index (κ3) is 1.92. The van der Waals surface area contributed by atoms with Gasteiger partial charge in [-0.15, -0.1) is 0 Å². The molecule has 3 aromatic rings. The average molecular weight is 289 g/mol. The molecule has 0 atom stereocenters. The molecule has 20 heavy (non-hydrogen) atoms. The second kappa shape index (κ2) is 4.93. The Morgan fingerprint density at radius 2 is 1.85 bits per heavy atom. The zero-order valence-electron chi connectivity index (χ0n) is 10.9. The molecule has 0 radical (unpaired) electrons. The van der Waals surface area contributed by atoms with Gasteiger partial charge >= 0.3 is 6.01 Å². The number of ether oxygens (including phenoxy) is 2. The van der Waals surface area contributed by atoms with Crippen molar-refractivity contribution in [1.82, 2.24) is 13.9 Å². The lowest BCUT2D eigenvalue weighted by Crippen LogP contribution is -2.11. The van der Waals surface area contributed by atoms with Crippen molar-refractivity contribution in [2.45, 2.75) is 0 Å². The molecule has 0 fully saturated rings. The van der Waals surface area contributed by atoms with Gasteiger partial charge < -0.3 is 9.47 Å². The summed E-state index contributed by atoms with van der Waals surface area (Å²) in [5, 5.41) is 0. The maximum absolute atomic E-state index is 12.4. The summed E-state index contributed by atoms with van der Waals surface area (Å²) in [6.07, 6.45) is 0. The second-order valence-electron chi connectivity index (χ2n) is 3.92. The summed E-state index contributed by atoms with van der Waals surface area (Å²) in [5.41, 5.74) is 0.860. The lowest BCUT2D eigenvalue weighted by Gasteiger charge is -2.01. The fraction of sp³-hybridized carbons (Fsp3) is 0.154. The molecule has 2 aromatic heterocycles. The summed E-state index contributed by atoms with van der Waals surface area (Å²) >= 11 is 1.25. The molecule has 2 heterocycles. The molecule has 3 rings (SSSR count).